The van der Waals surface area contributed by atoms with Gasteiger partial charge in [0.25, 0.3) is 5.91 Å². The molecule has 3 aromatic carbocycles. The molecular weight excluding hydrogens is 504 g/mol. The Hall–Kier alpha value is -4.39. The molecule has 3 N–H and O–H groups in total. The summed E-state index contributed by atoms with van der Waals surface area (Å²) in [4.78, 5) is 24.2. The summed E-state index contributed by atoms with van der Waals surface area (Å²) in [5, 5.41) is 12.8. The van der Waals surface area contributed by atoms with Gasteiger partial charge in [-0.15, -0.1) is 6.42 Å². The first kappa shape index (κ1) is 26.7. The molecule has 1 unspecified atom stereocenters. The largest absolute Gasteiger partial charge is 0.480 e. The van der Waals surface area contributed by atoms with Gasteiger partial charge in [0.2, 0.25) is 10.0 Å². The Balaban J connectivity index is 1.49. The van der Waals surface area contributed by atoms with Gasteiger partial charge in [0.05, 0.1) is 4.90 Å². The lowest BCUT2D eigenvalue weighted by atomic mass is 10.1. The van der Waals surface area contributed by atoms with Crippen LogP contribution >= 0.6 is 0 Å². The average Bonchev–Trinajstić information content (AvgIpc) is 3.24. The summed E-state index contributed by atoms with van der Waals surface area (Å²) in [6, 6.07) is 17.2. The minimum atomic E-state index is -4.01. The van der Waals surface area contributed by atoms with Crippen molar-refractivity contribution in [3.05, 3.63) is 83.6 Å². The van der Waals surface area contributed by atoms with Crippen LogP contribution in [0.25, 0.3) is 22.1 Å². The standard InChI is InChI=1S/C29H26N2O6S/c1-5-19-7-6-8-24-25(19)18(4)27(37-24)28(32)30-22-13-9-20(10-14-22)21-11-15-23(16-12-21)38(35,36)31-26(17(2)3)29(33)34/h1,6-17,26,31H,2-4H3,(H,30,32)(H,33,34). The van der Waals surface area contributed by atoms with E-state index in [0.717, 1.165) is 16.5 Å². The van der Waals surface area contributed by atoms with Crippen LogP contribution in [0.4, 0.5) is 5.69 Å². The summed E-state index contributed by atoms with van der Waals surface area (Å²) in [6.07, 6.45) is 5.58. The summed E-state index contributed by atoms with van der Waals surface area (Å²) in [5.74, 6) is 0.731. The number of carbonyl (C=O) groups is 2. The number of terminal acetylenes is 1. The van der Waals surface area contributed by atoms with E-state index in [2.05, 4.69) is 16.0 Å². The lowest BCUT2D eigenvalue weighted by Crippen LogP contribution is -2.44. The second-order valence-electron chi connectivity index (χ2n) is 9.12. The van der Waals surface area contributed by atoms with Crippen molar-refractivity contribution in [2.75, 3.05) is 5.32 Å². The highest BCUT2D eigenvalue weighted by molar-refractivity contribution is 7.89. The molecule has 4 aromatic rings. The first-order valence-corrected chi connectivity index (χ1v) is 13.3. The van der Waals surface area contributed by atoms with Crippen LogP contribution in [0.1, 0.15) is 35.5 Å². The van der Waals surface area contributed by atoms with Crippen molar-refractivity contribution in [2.24, 2.45) is 5.92 Å². The van der Waals surface area contributed by atoms with Gasteiger partial charge in [-0.1, -0.05) is 50.1 Å². The Morgan fingerprint density at radius 3 is 2.13 bits per heavy atom. The maximum Gasteiger partial charge on any atom is 0.322 e. The van der Waals surface area contributed by atoms with Gasteiger partial charge in [0.15, 0.2) is 5.76 Å². The molecule has 0 spiro atoms. The number of aryl methyl sites for hydroxylation is 1. The highest BCUT2D eigenvalue weighted by Gasteiger charge is 2.28. The predicted molar refractivity (Wildman–Crippen MR) is 145 cm³/mol. The van der Waals surface area contributed by atoms with Crippen molar-refractivity contribution in [3.63, 3.8) is 0 Å². The molecule has 0 saturated heterocycles. The van der Waals surface area contributed by atoms with Crippen molar-refractivity contribution < 1.29 is 27.5 Å². The van der Waals surface area contributed by atoms with Gasteiger partial charge in [-0.2, -0.15) is 4.72 Å². The molecule has 0 aliphatic heterocycles. The van der Waals surface area contributed by atoms with Gasteiger partial charge in [0, 0.05) is 22.2 Å². The number of furan rings is 1. The molecule has 0 fully saturated rings. The Kier molecular flexibility index (Phi) is 7.39. The van der Waals surface area contributed by atoms with Crippen molar-refractivity contribution in [1.82, 2.24) is 4.72 Å². The molecule has 38 heavy (non-hydrogen) atoms. The fourth-order valence-electron chi connectivity index (χ4n) is 4.11. The molecule has 0 radical (unpaired) electrons. The maximum absolute atomic E-state index is 12.9. The summed E-state index contributed by atoms with van der Waals surface area (Å²) < 4.78 is 33.3. The van der Waals surface area contributed by atoms with E-state index in [4.69, 9.17) is 10.8 Å². The number of carbonyl (C=O) groups excluding carboxylic acids is 1. The van der Waals surface area contributed by atoms with Crippen LogP contribution in [0.5, 0.6) is 0 Å². The monoisotopic (exact) mass is 530 g/mol. The number of sulfonamides is 1. The van der Waals surface area contributed by atoms with Crippen molar-refractivity contribution >= 4 is 38.6 Å². The van der Waals surface area contributed by atoms with Gasteiger partial charge in [-0.25, -0.2) is 8.42 Å². The second-order valence-corrected chi connectivity index (χ2v) is 10.8. The van der Waals surface area contributed by atoms with Crippen molar-refractivity contribution in [3.8, 4) is 23.5 Å². The lowest BCUT2D eigenvalue weighted by molar-refractivity contribution is -0.140. The van der Waals surface area contributed by atoms with Crippen LogP contribution in [0.3, 0.4) is 0 Å². The number of nitrogens with one attached hydrogen (secondary N) is 2. The Bertz CT molecular complexity index is 1660. The highest BCUT2D eigenvalue weighted by Crippen LogP contribution is 2.29. The zero-order chi connectivity index (χ0) is 27.6. The maximum atomic E-state index is 12.9. The Morgan fingerprint density at radius 2 is 1.58 bits per heavy atom. The fraction of sp³-hybridized carbons (Fsp3) is 0.172. The number of hydrogen-bond acceptors (Lipinski definition) is 5. The molecule has 4 rings (SSSR count). The average molecular weight is 531 g/mol. The number of anilines is 1. The number of hydrogen-bond donors (Lipinski definition) is 3. The Morgan fingerprint density at radius 1 is 0.974 bits per heavy atom. The van der Waals surface area contributed by atoms with Gasteiger partial charge >= 0.3 is 5.97 Å². The highest BCUT2D eigenvalue weighted by atomic mass is 32.2. The lowest BCUT2D eigenvalue weighted by Gasteiger charge is -2.18. The van der Waals surface area contributed by atoms with Crippen LogP contribution in [0.15, 0.2) is 76.0 Å². The van der Waals surface area contributed by atoms with E-state index in [9.17, 15) is 23.1 Å². The number of fused-ring (bicyclic) bond motifs is 1. The Labute approximate surface area is 220 Å². The molecule has 1 aromatic heterocycles. The molecular formula is C29H26N2O6S. The zero-order valence-electron chi connectivity index (χ0n) is 21.0. The fourth-order valence-corrected chi connectivity index (χ4v) is 5.44. The summed E-state index contributed by atoms with van der Waals surface area (Å²) >= 11 is 0. The SMILES string of the molecule is C#Cc1cccc2oc(C(=O)Nc3ccc(-c4ccc(S(=O)(=O)NC(C(=O)O)C(C)C)cc4)cc3)c(C)c12. The van der Waals surface area contributed by atoms with Crippen molar-refractivity contribution in [2.45, 2.75) is 31.7 Å². The van der Waals surface area contributed by atoms with E-state index < -0.39 is 33.9 Å². The normalized spacial score (nSPS) is 12.3. The molecule has 1 amide bonds. The number of rotatable bonds is 8. The van der Waals surface area contributed by atoms with E-state index in [-0.39, 0.29) is 10.7 Å². The number of carboxylic acids is 1. The molecule has 0 aliphatic carbocycles. The first-order valence-electron chi connectivity index (χ1n) is 11.8. The van der Waals surface area contributed by atoms with E-state index in [1.807, 2.05) is 0 Å². The molecule has 194 valence electrons. The van der Waals surface area contributed by atoms with Crippen molar-refractivity contribution in [1.29, 1.82) is 0 Å². The second kappa shape index (κ2) is 10.5. The smallest absolute Gasteiger partial charge is 0.322 e. The van der Waals surface area contributed by atoms with E-state index in [1.54, 1.807) is 75.4 Å². The van der Waals surface area contributed by atoms with Crippen LogP contribution in [-0.2, 0) is 14.8 Å². The van der Waals surface area contributed by atoms with Crippen LogP contribution in [0, 0.1) is 25.2 Å². The van der Waals surface area contributed by atoms with E-state index in [1.165, 1.54) is 12.1 Å². The summed E-state index contributed by atoms with van der Waals surface area (Å²) in [6.45, 7) is 5.04. The molecule has 0 aliphatic rings. The quantitative estimate of drug-likeness (QED) is 0.274. The minimum Gasteiger partial charge on any atom is -0.480 e. The minimum absolute atomic E-state index is 0.0359. The topological polar surface area (TPSA) is 126 Å². The molecule has 8 nitrogen and oxygen atoms in total. The van der Waals surface area contributed by atoms with Crippen LogP contribution in [-0.4, -0.2) is 31.4 Å². The van der Waals surface area contributed by atoms with Gasteiger partial charge in [0.1, 0.15) is 11.6 Å². The van der Waals surface area contributed by atoms with E-state index in [0.29, 0.717) is 22.4 Å². The zero-order valence-corrected chi connectivity index (χ0v) is 21.8. The molecule has 0 saturated carbocycles. The third-order valence-corrected chi connectivity index (χ3v) is 7.63. The third kappa shape index (κ3) is 5.32. The van der Waals surface area contributed by atoms with Crippen LogP contribution in [0.2, 0.25) is 0 Å². The predicted octanol–water partition coefficient (Wildman–Crippen LogP) is 5.03. The number of benzene rings is 3. The number of amides is 1. The van der Waals surface area contributed by atoms with Gasteiger partial charge in [-0.3, -0.25) is 9.59 Å². The number of aliphatic carboxylic acids is 1. The van der Waals surface area contributed by atoms with E-state index >= 15 is 0 Å². The van der Waals surface area contributed by atoms with Gasteiger partial charge < -0.3 is 14.8 Å². The molecule has 0 bridgehead atoms. The van der Waals surface area contributed by atoms with Crippen LogP contribution < -0.4 is 10.0 Å². The number of carboxylic acid groups (broad SMARTS) is 1. The summed E-state index contributed by atoms with van der Waals surface area (Å²) in [7, 11) is -4.01. The van der Waals surface area contributed by atoms with Gasteiger partial charge in [-0.05, 0) is 60.4 Å². The first-order chi connectivity index (χ1) is 18.0. The molecule has 1 atom stereocenters. The third-order valence-electron chi connectivity index (χ3n) is 6.17. The molecule has 9 heteroatoms. The summed E-state index contributed by atoms with van der Waals surface area (Å²) in [5.41, 5.74) is 3.95. The molecule has 1 heterocycles.